The lowest BCUT2D eigenvalue weighted by Gasteiger charge is -2.20. The number of nitrogens with zero attached hydrogens (tertiary/aromatic N) is 3. The van der Waals surface area contributed by atoms with Crippen LogP contribution in [0.15, 0.2) is 35.4 Å². The fraction of sp³-hybridized carbons (Fsp3) is 0.526. The quantitative estimate of drug-likeness (QED) is 0.831. The van der Waals surface area contributed by atoms with E-state index >= 15 is 0 Å². The van der Waals surface area contributed by atoms with E-state index in [0.717, 1.165) is 6.54 Å². The molecule has 1 aliphatic heterocycles. The van der Waals surface area contributed by atoms with Gasteiger partial charge >= 0.3 is 0 Å². The minimum Gasteiger partial charge on any atom is -0.356 e. The number of hydrogen-bond acceptors (Lipinski definition) is 4. The number of fused-ring (bicyclic) bond motifs is 1. The molecule has 3 rings (SSSR count). The van der Waals surface area contributed by atoms with Gasteiger partial charge in [0.25, 0.3) is 5.56 Å². The molecule has 1 saturated heterocycles. The molecule has 1 N–H and O–H groups in total. The molecule has 1 atom stereocenters. The van der Waals surface area contributed by atoms with Crippen LogP contribution in [0.1, 0.15) is 26.2 Å². The number of aromatic nitrogens is 2. The number of aryl methyl sites for hydroxylation is 1. The summed E-state index contributed by atoms with van der Waals surface area (Å²) in [6.45, 7) is 6.58. The summed E-state index contributed by atoms with van der Waals surface area (Å²) in [7, 11) is 0. The zero-order valence-electron chi connectivity index (χ0n) is 14.8. The molecular formula is C19H26N4O2. The zero-order valence-corrected chi connectivity index (χ0v) is 14.8. The van der Waals surface area contributed by atoms with Gasteiger partial charge in [-0.1, -0.05) is 19.1 Å². The molecule has 0 spiro atoms. The Balaban J connectivity index is 1.47. The summed E-state index contributed by atoms with van der Waals surface area (Å²) in [5.41, 5.74) is 0.588. The highest BCUT2D eigenvalue weighted by atomic mass is 16.1. The molecule has 1 unspecified atom stereocenters. The second-order valence-corrected chi connectivity index (χ2v) is 6.93. The van der Waals surface area contributed by atoms with Crippen LogP contribution in [0, 0.1) is 5.92 Å². The van der Waals surface area contributed by atoms with Gasteiger partial charge in [-0.15, -0.1) is 0 Å². The van der Waals surface area contributed by atoms with Gasteiger partial charge in [-0.2, -0.15) is 0 Å². The first-order valence-electron chi connectivity index (χ1n) is 9.07. The monoisotopic (exact) mass is 342 g/mol. The van der Waals surface area contributed by atoms with E-state index in [1.807, 2.05) is 18.2 Å². The van der Waals surface area contributed by atoms with Crippen molar-refractivity contribution in [3.8, 4) is 0 Å². The summed E-state index contributed by atoms with van der Waals surface area (Å²) in [5, 5.41) is 3.57. The number of benzene rings is 1. The van der Waals surface area contributed by atoms with E-state index < -0.39 is 0 Å². The highest BCUT2D eigenvalue weighted by Crippen LogP contribution is 2.09. The van der Waals surface area contributed by atoms with Crippen LogP contribution >= 0.6 is 0 Å². The number of hydrogen-bond donors (Lipinski definition) is 1. The van der Waals surface area contributed by atoms with E-state index in [2.05, 4.69) is 22.1 Å². The van der Waals surface area contributed by atoms with Crippen molar-refractivity contribution in [2.45, 2.75) is 32.7 Å². The fourth-order valence-corrected chi connectivity index (χ4v) is 3.33. The lowest BCUT2D eigenvalue weighted by Crippen LogP contribution is -2.35. The van der Waals surface area contributed by atoms with Crippen molar-refractivity contribution in [2.24, 2.45) is 5.92 Å². The minimum absolute atomic E-state index is 0.0201. The topological polar surface area (TPSA) is 67.2 Å². The number of para-hydroxylation sites is 1. The first-order valence-corrected chi connectivity index (χ1v) is 9.07. The lowest BCUT2D eigenvalue weighted by molar-refractivity contribution is -0.121. The predicted octanol–water partition coefficient (Wildman–Crippen LogP) is 1.63. The van der Waals surface area contributed by atoms with Gasteiger partial charge in [-0.25, -0.2) is 4.98 Å². The third-order valence-corrected chi connectivity index (χ3v) is 4.73. The summed E-state index contributed by atoms with van der Waals surface area (Å²) in [6.07, 6.45) is 4.38. The van der Waals surface area contributed by atoms with Crippen molar-refractivity contribution < 1.29 is 4.79 Å². The molecule has 6 heteroatoms. The molecule has 1 aliphatic rings. The summed E-state index contributed by atoms with van der Waals surface area (Å²) in [6, 6.07) is 7.26. The molecule has 2 heterocycles. The van der Waals surface area contributed by atoms with E-state index in [1.165, 1.54) is 36.8 Å². The summed E-state index contributed by atoms with van der Waals surface area (Å²) in [5.74, 6) is 0.417. The SMILES string of the molecule is CC(CNC(=O)CCn1cnc2ccccc2c1=O)CN1CCCC1. The number of carbonyl (C=O) groups is 1. The molecule has 1 aromatic heterocycles. The van der Waals surface area contributed by atoms with Crippen molar-refractivity contribution in [2.75, 3.05) is 26.2 Å². The summed E-state index contributed by atoms with van der Waals surface area (Å²) < 4.78 is 1.51. The van der Waals surface area contributed by atoms with Crippen molar-refractivity contribution in [1.29, 1.82) is 0 Å². The van der Waals surface area contributed by atoms with Gasteiger partial charge in [0.1, 0.15) is 0 Å². The minimum atomic E-state index is -0.0965. The molecule has 1 fully saturated rings. The Hall–Kier alpha value is -2.21. The van der Waals surface area contributed by atoms with E-state index in [9.17, 15) is 9.59 Å². The van der Waals surface area contributed by atoms with Gasteiger partial charge in [-0.05, 0) is 44.0 Å². The molecule has 6 nitrogen and oxygen atoms in total. The standard InChI is InChI=1S/C19H26N4O2/c1-15(13-22-9-4-5-10-22)12-20-18(24)8-11-23-14-21-17-7-3-2-6-16(17)19(23)25/h2-3,6-7,14-15H,4-5,8-13H2,1H3,(H,20,24). The maximum Gasteiger partial charge on any atom is 0.261 e. The molecule has 1 aromatic carbocycles. The molecule has 1 amide bonds. The number of amides is 1. The number of rotatable bonds is 7. The van der Waals surface area contributed by atoms with Crippen LogP contribution in [-0.4, -0.2) is 46.5 Å². The highest BCUT2D eigenvalue weighted by Gasteiger charge is 2.15. The van der Waals surface area contributed by atoms with Crippen LogP contribution < -0.4 is 10.9 Å². The Kier molecular flexibility index (Phi) is 5.81. The Morgan fingerprint density at radius 1 is 1.28 bits per heavy atom. The van der Waals surface area contributed by atoms with Gasteiger partial charge in [-0.3, -0.25) is 14.2 Å². The van der Waals surface area contributed by atoms with Crippen LogP contribution in [-0.2, 0) is 11.3 Å². The number of likely N-dealkylation sites (tertiary alicyclic amines) is 1. The average molecular weight is 342 g/mol. The molecule has 0 bridgehead atoms. The van der Waals surface area contributed by atoms with Gasteiger partial charge in [0, 0.05) is 26.1 Å². The highest BCUT2D eigenvalue weighted by molar-refractivity contribution is 5.77. The zero-order chi connectivity index (χ0) is 17.6. The molecule has 0 radical (unpaired) electrons. The van der Waals surface area contributed by atoms with Crippen LogP contribution in [0.25, 0.3) is 10.9 Å². The van der Waals surface area contributed by atoms with Crippen molar-refractivity contribution in [3.63, 3.8) is 0 Å². The molecule has 2 aromatic rings. The van der Waals surface area contributed by atoms with Gasteiger partial charge < -0.3 is 10.2 Å². The first kappa shape index (κ1) is 17.6. The maximum absolute atomic E-state index is 12.4. The summed E-state index contributed by atoms with van der Waals surface area (Å²) >= 11 is 0. The number of carbonyl (C=O) groups excluding carboxylic acids is 1. The normalized spacial score (nSPS) is 16.2. The lowest BCUT2D eigenvalue weighted by atomic mass is 10.1. The van der Waals surface area contributed by atoms with Crippen molar-refractivity contribution in [3.05, 3.63) is 40.9 Å². The first-order chi connectivity index (χ1) is 12.1. The van der Waals surface area contributed by atoms with Crippen LogP contribution in [0.3, 0.4) is 0 Å². The third kappa shape index (κ3) is 4.66. The van der Waals surface area contributed by atoms with Gasteiger partial charge in [0.15, 0.2) is 0 Å². The average Bonchev–Trinajstić information content (AvgIpc) is 3.12. The smallest absolute Gasteiger partial charge is 0.261 e. The van der Waals surface area contributed by atoms with Crippen LogP contribution in [0.4, 0.5) is 0 Å². The predicted molar refractivity (Wildman–Crippen MR) is 98.5 cm³/mol. The molecule has 0 saturated carbocycles. The Bertz CT molecular complexity index is 780. The maximum atomic E-state index is 12.4. The summed E-state index contributed by atoms with van der Waals surface area (Å²) in [4.78, 5) is 31.2. The van der Waals surface area contributed by atoms with E-state index in [0.29, 0.717) is 29.9 Å². The molecule has 0 aliphatic carbocycles. The third-order valence-electron chi connectivity index (χ3n) is 4.73. The molecule has 134 valence electrons. The van der Waals surface area contributed by atoms with Gasteiger partial charge in [0.2, 0.25) is 5.91 Å². The molecule has 25 heavy (non-hydrogen) atoms. The van der Waals surface area contributed by atoms with E-state index in [1.54, 1.807) is 6.07 Å². The Labute approximate surface area is 147 Å². The van der Waals surface area contributed by atoms with Crippen molar-refractivity contribution >= 4 is 16.8 Å². The van der Waals surface area contributed by atoms with Crippen LogP contribution in [0.2, 0.25) is 0 Å². The van der Waals surface area contributed by atoms with E-state index in [-0.39, 0.29) is 17.9 Å². The van der Waals surface area contributed by atoms with Gasteiger partial charge in [0.05, 0.1) is 17.2 Å². The fourth-order valence-electron chi connectivity index (χ4n) is 3.33. The van der Waals surface area contributed by atoms with Crippen LogP contribution in [0.5, 0.6) is 0 Å². The van der Waals surface area contributed by atoms with E-state index in [4.69, 9.17) is 0 Å². The Morgan fingerprint density at radius 3 is 2.84 bits per heavy atom. The second kappa shape index (κ2) is 8.25. The number of nitrogens with one attached hydrogen (secondary N) is 1. The Morgan fingerprint density at radius 2 is 2.04 bits per heavy atom. The van der Waals surface area contributed by atoms with Crippen molar-refractivity contribution in [1.82, 2.24) is 19.8 Å². The largest absolute Gasteiger partial charge is 0.356 e. The molecular weight excluding hydrogens is 316 g/mol. The second-order valence-electron chi connectivity index (χ2n) is 6.93.